The second-order valence-electron chi connectivity index (χ2n) is 2.61. The minimum absolute atomic E-state index is 0. The summed E-state index contributed by atoms with van der Waals surface area (Å²) in [5.74, 6) is 0. The van der Waals surface area contributed by atoms with E-state index in [2.05, 4.69) is 27.7 Å². The molecule has 0 spiro atoms. The Kier molecular flexibility index (Phi) is 7.97. The zero-order chi connectivity index (χ0) is 7.33. The molecule has 0 unspecified atom stereocenters. The lowest BCUT2D eigenvalue weighted by molar-refractivity contribution is 0.824. The van der Waals surface area contributed by atoms with Crippen LogP contribution in [0.1, 0.15) is 27.7 Å². The van der Waals surface area contributed by atoms with Crippen LogP contribution in [0.4, 0.5) is 0 Å². The van der Waals surface area contributed by atoms with E-state index in [9.17, 15) is 0 Å². The summed E-state index contributed by atoms with van der Waals surface area (Å²) < 4.78 is 0. The van der Waals surface area contributed by atoms with Crippen LogP contribution in [-0.2, 0) is 0 Å². The number of hydrogen-bond donors (Lipinski definition) is 0. The van der Waals surface area contributed by atoms with Crippen molar-refractivity contribution in [2.75, 3.05) is 24.6 Å². The Labute approximate surface area is 65.9 Å². The third-order valence-electron chi connectivity index (χ3n) is 2.68. The lowest BCUT2D eigenvalue weighted by Crippen LogP contribution is -2.04. The van der Waals surface area contributed by atoms with E-state index in [1.807, 2.05) is 0 Å². The molecular weight excluding hydrogens is 143 g/mol. The smallest absolute Gasteiger partial charge is 0.0565 e. The molecule has 0 amide bonds. The summed E-state index contributed by atoms with van der Waals surface area (Å²) in [6, 6.07) is 0. The maximum absolute atomic E-state index is 2.35. The van der Waals surface area contributed by atoms with E-state index in [4.69, 9.17) is 0 Å². The Morgan fingerprint density at radius 2 is 0.900 bits per heavy atom. The highest BCUT2D eigenvalue weighted by atomic mass is 31.2. The van der Waals surface area contributed by atoms with Gasteiger partial charge in [0, 0.05) is 7.26 Å². The largest absolute Gasteiger partial charge is 0.870 e. The van der Waals surface area contributed by atoms with Crippen LogP contribution < -0.4 is 0 Å². The van der Waals surface area contributed by atoms with Crippen molar-refractivity contribution in [1.29, 1.82) is 0 Å². The minimum atomic E-state index is -0.420. The molecule has 0 aliphatic heterocycles. The zero-order valence-electron chi connectivity index (χ0n) is 7.72. The Balaban J connectivity index is 0. The van der Waals surface area contributed by atoms with Crippen LogP contribution in [0.3, 0.4) is 0 Å². The van der Waals surface area contributed by atoms with Crippen LogP contribution in [0.5, 0.6) is 0 Å². The molecule has 0 radical (unpaired) electrons. The number of rotatable bonds is 4. The van der Waals surface area contributed by atoms with Gasteiger partial charge < -0.3 is 5.48 Å². The van der Waals surface area contributed by atoms with Crippen LogP contribution in [0.2, 0.25) is 0 Å². The molecule has 0 aliphatic rings. The summed E-state index contributed by atoms with van der Waals surface area (Å²) >= 11 is 0. The molecule has 0 saturated carbocycles. The standard InChI is InChI=1S/C8H20P.H2O/c1-5-9(6-2,7-3)8-4;/h5-8H2,1-4H3;1H2/q+1;/p-1. The molecule has 1 nitrogen and oxygen atoms in total. The minimum Gasteiger partial charge on any atom is -0.870 e. The summed E-state index contributed by atoms with van der Waals surface area (Å²) in [7, 11) is -0.420. The van der Waals surface area contributed by atoms with Gasteiger partial charge in [0.25, 0.3) is 0 Å². The van der Waals surface area contributed by atoms with E-state index in [0.29, 0.717) is 0 Å². The maximum Gasteiger partial charge on any atom is 0.0565 e. The van der Waals surface area contributed by atoms with Crippen molar-refractivity contribution >= 4 is 7.26 Å². The van der Waals surface area contributed by atoms with Gasteiger partial charge in [-0.3, -0.25) is 0 Å². The molecule has 0 bridgehead atoms. The van der Waals surface area contributed by atoms with E-state index in [-0.39, 0.29) is 5.48 Å². The highest BCUT2D eigenvalue weighted by molar-refractivity contribution is 7.75. The molecular formula is C8H21OP. The third-order valence-corrected chi connectivity index (χ3v) is 8.05. The quantitative estimate of drug-likeness (QED) is 0.587. The van der Waals surface area contributed by atoms with E-state index < -0.39 is 7.26 Å². The van der Waals surface area contributed by atoms with Crippen molar-refractivity contribution in [3.05, 3.63) is 0 Å². The van der Waals surface area contributed by atoms with Crippen molar-refractivity contribution in [1.82, 2.24) is 0 Å². The van der Waals surface area contributed by atoms with Crippen LogP contribution in [-0.4, -0.2) is 30.1 Å². The molecule has 64 valence electrons. The maximum atomic E-state index is 2.35. The van der Waals surface area contributed by atoms with Crippen molar-refractivity contribution in [2.45, 2.75) is 27.7 Å². The molecule has 1 N–H and O–H groups in total. The molecule has 2 heteroatoms. The van der Waals surface area contributed by atoms with E-state index >= 15 is 0 Å². The Morgan fingerprint density at radius 3 is 0.900 bits per heavy atom. The fourth-order valence-corrected chi connectivity index (χ4v) is 4.02. The molecule has 0 aliphatic carbocycles. The van der Waals surface area contributed by atoms with Gasteiger partial charge in [0.1, 0.15) is 0 Å². The first-order chi connectivity index (χ1) is 4.24. The summed E-state index contributed by atoms with van der Waals surface area (Å²) in [6.07, 6.45) is 5.82. The van der Waals surface area contributed by atoms with E-state index in [1.54, 1.807) is 0 Å². The third kappa shape index (κ3) is 2.98. The summed E-state index contributed by atoms with van der Waals surface area (Å²) in [4.78, 5) is 0. The van der Waals surface area contributed by atoms with E-state index in [0.717, 1.165) is 0 Å². The summed E-state index contributed by atoms with van der Waals surface area (Å²) in [5, 5.41) is 0. The first-order valence-electron chi connectivity index (χ1n) is 4.09. The van der Waals surface area contributed by atoms with Gasteiger partial charge in [-0.05, 0) is 27.7 Å². The van der Waals surface area contributed by atoms with Gasteiger partial charge in [0.05, 0.1) is 24.6 Å². The molecule has 0 heterocycles. The van der Waals surface area contributed by atoms with E-state index in [1.165, 1.54) is 24.6 Å². The number of hydrogen-bond acceptors (Lipinski definition) is 1. The molecule has 0 rings (SSSR count). The SMILES string of the molecule is CC[P+](CC)(CC)CC.[OH-]. The fraction of sp³-hybridized carbons (Fsp3) is 1.00. The Hall–Kier alpha value is 0.390. The van der Waals surface area contributed by atoms with Crippen molar-refractivity contribution in [2.24, 2.45) is 0 Å². The van der Waals surface area contributed by atoms with Gasteiger partial charge in [-0.15, -0.1) is 0 Å². The van der Waals surface area contributed by atoms with Crippen LogP contribution in [0.15, 0.2) is 0 Å². The van der Waals surface area contributed by atoms with Gasteiger partial charge >= 0.3 is 0 Å². The monoisotopic (exact) mass is 164 g/mol. The second kappa shape index (κ2) is 6.12. The highest BCUT2D eigenvalue weighted by Gasteiger charge is 2.27. The topological polar surface area (TPSA) is 30.0 Å². The van der Waals surface area contributed by atoms with Gasteiger partial charge in [-0.25, -0.2) is 0 Å². The van der Waals surface area contributed by atoms with Gasteiger partial charge in [0.2, 0.25) is 0 Å². The first-order valence-corrected chi connectivity index (χ1v) is 6.62. The zero-order valence-corrected chi connectivity index (χ0v) is 8.62. The van der Waals surface area contributed by atoms with Crippen LogP contribution in [0.25, 0.3) is 0 Å². The van der Waals surface area contributed by atoms with Crippen LogP contribution in [0, 0.1) is 0 Å². The van der Waals surface area contributed by atoms with Gasteiger partial charge in [-0.1, -0.05) is 0 Å². The lowest BCUT2D eigenvalue weighted by atomic mass is 10.9. The Bertz CT molecular complexity index is 52.1. The summed E-state index contributed by atoms with van der Waals surface area (Å²) in [5.41, 5.74) is 0. The molecule has 0 aromatic carbocycles. The highest BCUT2D eigenvalue weighted by Crippen LogP contribution is 2.57. The van der Waals surface area contributed by atoms with Crippen molar-refractivity contribution in [3.8, 4) is 0 Å². The molecule has 0 aromatic heterocycles. The average molecular weight is 164 g/mol. The molecule has 0 aromatic rings. The van der Waals surface area contributed by atoms with Gasteiger partial charge in [0.15, 0.2) is 0 Å². The second-order valence-corrected chi connectivity index (χ2v) is 7.82. The summed E-state index contributed by atoms with van der Waals surface area (Å²) in [6.45, 7) is 9.41. The van der Waals surface area contributed by atoms with Crippen LogP contribution >= 0.6 is 7.26 Å². The van der Waals surface area contributed by atoms with Crippen molar-refractivity contribution in [3.63, 3.8) is 0 Å². The normalized spacial score (nSPS) is 10.8. The fourth-order valence-electron chi connectivity index (χ4n) is 1.34. The predicted molar refractivity (Wildman–Crippen MR) is 51.0 cm³/mol. The molecule has 0 saturated heterocycles. The van der Waals surface area contributed by atoms with Gasteiger partial charge in [-0.2, -0.15) is 0 Å². The predicted octanol–water partition coefficient (Wildman–Crippen LogP) is 2.91. The average Bonchev–Trinajstić information content (AvgIpc) is 1.95. The Morgan fingerprint density at radius 1 is 0.700 bits per heavy atom. The molecule has 0 atom stereocenters. The first kappa shape index (κ1) is 13.0. The lowest BCUT2D eigenvalue weighted by Gasteiger charge is -2.20. The molecule has 10 heavy (non-hydrogen) atoms. The molecule has 0 fully saturated rings. The van der Waals surface area contributed by atoms with Crippen molar-refractivity contribution < 1.29 is 5.48 Å².